The topological polar surface area (TPSA) is 30.2 Å². The van der Waals surface area contributed by atoms with E-state index in [1.165, 1.54) is 12.3 Å². The maximum atomic E-state index is 13.0. The Morgan fingerprint density at radius 2 is 2.06 bits per heavy atom. The van der Waals surface area contributed by atoms with Gasteiger partial charge in [-0.05, 0) is 55.6 Å². The summed E-state index contributed by atoms with van der Waals surface area (Å²) in [5, 5.41) is 0. The summed E-state index contributed by atoms with van der Waals surface area (Å²) < 4.78 is 18.8. The zero-order valence-corrected chi connectivity index (χ0v) is 11.7. The van der Waals surface area contributed by atoms with Crippen LogP contribution in [0.25, 0.3) is 0 Å². The second-order valence-corrected chi connectivity index (χ2v) is 5.03. The first-order valence-electron chi connectivity index (χ1n) is 4.78. The van der Waals surface area contributed by atoms with E-state index in [0.29, 0.717) is 14.7 Å². The van der Waals surface area contributed by atoms with Crippen LogP contribution in [0.2, 0.25) is 0 Å². The lowest BCUT2D eigenvalue weighted by Crippen LogP contribution is -2.03. The highest BCUT2D eigenvalue weighted by Crippen LogP contribution is 2.21. The fourth-order valence-electron chi connectivity index (χ4n) is 1.42. The Labute approximate surface area is 114 Å². The molecule has 0 atom stereocenters. The molecule has 0 fully saturated rings. The Balaban J connectivity index is 2.19. The van der Waals surface area contributed by atoms with Gasteiger partial charge in [0, 0.05) is 6.42 Å². The van der Waals surface area contributed by atoms with Crippen molar-refractivity contribution in [3.63, 3.8) is 0 Å². The molecule has 1 aromatic carbocycles. The second kappa shape index (κ2) is 5.14. The molecule has 0 unspecified atom stereocenters. The van der Waals surface area contributed by atoms with Gasteiger partial charge in [-0.15, -0.1) is 0 Å². The monoisotopic (exact) mass is 360 g/mol. The van der Waals surface area contributed by atoms with Crippen molar-refractivity contribution in [1.82, 2.24) is 0 Å². The molecule has 0 bridgehead atoms. The summed E-state index contributed by atoms with van der Waals surface area (Å²) in [7, 11) is 0. The van der Waals surface area contributed by atoms with Gasteiger partial charge in [0.2, 0.25) is 0 Å². The highest BCUT2D eigenvalue weighted by atomic mass is 79.9. The molecule has 0 radical (unpaired) electrons. The van der Waals surface area contributed by atoms with E-state index < -0.39 is 0 Å². The van der Waals surface area contributed by atoms with Gasteiger partial charge in [0.1, 0.15) is 5.82 Å². The lowest BCUT2D eigenvalue weighted by molar-refractivity contribution is 0.0991. The van der Waals surface area contributed by atoms with Crippen molar-refractivity contribution in [3.05, 3.63) is 56.6 Å². The Hall–Kier alpha value is -0.940. The molecule has 0 spiro atoms. The summed E-state index contributed by atoms with van der Waals surface area (Å²) >= 11 is 6.23. The molecule has 0 saturated carbocycles. The van der Waals surface area contributed by atoms with Gasteiger partial charge in [-0.2, -0.15) is 0 Å². The normalized spacial score (nSPS) is 10.5. The number of ketones is 1. The van der Waals surface area contributed by atoms with Crippen LogP contribution in [0.3, 0.4) is 0 Å². The molecular formula is C12H7Br2FO2. The van der Waals surface area contributed by atoms with E-state index in [1.807, 2.05) is 0 Å². The third kappa shape index (κ3) is 2.84. The molecule has 0 aliphatic heterocycles. The lowest BCUT2D eigenvalue weighted by Gasteiger charge is -2.01. The summed E-state index contributed by atoms with van der Waals surface area (Å²) in [5.41, 5.74) is 1.24. The van der Waals surface area contributed by atoms with Crippen LogP contribution >= 0.6 is 31.9 Å². The molecule has 88 valence electrons. The van der Waals surface area contributed by atoms with Gasteiger partial charge in [0.25, 0.3) is 0 Å². The second-order valence-electron chi connectivity index (χ2n) is 3.46. The number of benzene rings is 1. The Bertz CT molecular complexity index is 563. The van der Waals surface area contributed by atoms with Crippen LogP contribution in [0.5, 0.6) is 0 Å². The van der Waals surface area contributed by atoms with E-state index in [9.17, 15) is 9.18 Å². The number of carbonyl (C=O) groups is 1. The van der Waals surface area contributed by atoms with Crippen molar-refractivity contribution in [2.45, 2.75) is 6.42 Å². The maximum absolute atomic E-state index is 13.0. The minimum absolute atomic E-state index is 0.0795. The molecule has 0 aliphatic carbocycles. The highest BCUT2D eigenvalue weighted by molar-refractivity contribution is 9.10. The molecule has 2 rings (SSSR count). The van der Waals surface area contributed by atoms with Crippen LogP contribution in [0.15, 0.2) is 44.1 Å². The summed E-state index contributed by atoms with van der Waals surface area (Å²) in [5.74, 6) is -0.421. The van der Waals surface area contributed by atoms with Gasteiger partial charge in [-0.25, -0.2) is 4.39 Å². The van der Waals surface area contributed by atoms with E-state index in [4.69, 9.17) is 4.42 Å². The van der Waals surface area contributed by atoms with Crippen LogP contribution in [0.4, 0.5) is 4.39 Å². The first-order chi connectivity index (χ1) is 8.08. The number of hydrogen-bond acceptors (Lipinski definition) is 2. The van der Waals surface area contributed by atoms with Crippen molar-refractivity contribution in [1.29, 1.82) is 0 Å². The summed E-state index contributed by atoms with van der Waals surface area (Å²) in [4.78, 5) is 11.9. The van der Waals surface area contributed by atoms with Crippen molar-refractivity contribution >= 4 is 37.6 Å². The highest BCUT2D eigenvalue weighted by Gasteiger charge is 2.13. The number of halogens is 3. The van der Waals surface area contributed by atoms with E-state index in [0.717, 1.165) is 5.56 Å². The zero-order valence-electron chi connectivity index (χ0n) is 8.54. The van der Waals surface area contributed by atoms with Crippen molar-refractivity contribution in [3.8, 4) is 0 Å². The van der Waals surface area contributed by atoms with Crippen LogP contribution < -0.4 is 0 Å². The number of carbonyl (C=O) groups excluding carboxylic acids is 1. The molecule has 1 aromatic heterocycles. The molecule has 0 saturated heterocycles. The molecule has 5 heteroatoms. The largest absolute Gasteiger partial charge is 0.457 e. The van der Waals surface area contributed by atoms with Crippen LogP contribution in [-0.2, 0) is 6.42 Å². The van der Waals surface area contributed by atoms with Gasteiger partial charge in [-0.3, -0.25) is 4.79 Å². The number of furan rings is 1. The van der Waals surface area contributed by atoms with Crippen LogP contribution in [0, 0.1) is 5.82 Å². The molecule has 0 amide bonds. The first-order valence-corrected chi connectivity index (χ1v) is 6.36. The van der Waals surface area contributed by atoms with Gasteiger partial charge < -0.3 is 4.42 Å². The maximum Gasteiger partial charge on any atom is 0.179 e. The molecule has 17 heavy (non-hydrogen) atoms. The quantitative estimate of drug-likeness (QED) is 0.760. The van der Waals surface area contributed by atoms with E-state index in [2.05, 4.69) is 31.9 Å². The molecule has 2 nitrogen and oxygen atoms in total. The van der Waals surface area contributed by atoms with E-state index >= 15 is 0 Å². The zero-order chi connectivity index (χ0) is 12.4. The van der Waals surface area contributed by atoms with Crippen molar-refractivity contribution in [2.24, 2.45) is 0 Å². The average Bonchev–Trinajstić information content (AvgIpc) is 2.70. The molecule has 0 N–H and O–H groups in total. The minimum Gasteiger partial charge on any atom is -0.457 e. The number of Topliss-reactive ketones (excluding diaryl/α,β-unsaturated/α-hetero) is 1. The molecule has 1 heterocycles. The minimum atomic E-state index is -0.342. The predicted molar refractivity (Wildman–Crippen MR) is 68.5 cm³/mol. The summed E-state index contributed by atoms with van der Waals surface area (Å²) in [6, 6.07) is 6.12. The third-order valence-corrected chi connectivity index (χ3v) is 3.49. The number of hydrogen-bond donors (Lipinski definition) is 0. The SMILES string of the molecule is O=C(Cc1ccc(F)c(Br)c1)c1ccoc1Br. The Morgan fingerprint density at radius 3 is 2.65 bits per heavy atom. The fraction of sp³-hybridized carbons (Fsp3) is 0.0833. The standard InChI is InChI=1S/C12H7Br2FO2/c13-9-5-7(1-2-10(9)15)6-11(16)8-3-4-17-12(8)14/h1-5H,6H2. The van der Waals surface area contributed by atoms with Crippen molar-refractivity contribution < 1.29 is 13.6 Å². The van der Waals surface area contributed by atoms with E-state index in [-0.39, 0.29) is 18.0 Å². The summed E-state index contributed by atoms with van der Waals surface area (Å²) in [6.45, 7) is 0. The van der Waals surface area contributed by atoms with Crippen molar-refractivity contribution in [2.75, 3.05) is 0 Å². The van der Waals surface area contributed by atoms with E-state index in [1.54, 1.807) is 18.2 Å². The van der Waals surface area contributed by atoms with Gasteiger partial charge in [0.15, 0.2) is 10.5 Å². The van der Waals surface area contributed by atoms with Gasteiger partial charge >= 0.3 is 0 Å². The molecule has 2 aromatic rings. The summed E-state index contributed by atoms with van der Waals surface area (Å²) in [6.07, 6.45) is 1.65. The van der Waals surface area contributed by atoms with Gasteiger partial charge in [-0.1, -0.05) is 6.07 Å². The van der Waals surface area contributed by atoms with Crippen LogP contribution in [0.1, 0.15) is 15.9 Å². The fourth-order valence-corrected chi connectivity index (χ4v) is 2.31. The molecular weight excluding hydrogens is 355 g/mol. The smallest absolute Gasteiger partial charge is 0.179 e. The predicted octanol–water partition coefficient (Wildman–Crippen LogP) is 4.37. The Morgan fingerprint density at radius 1 is 1.29 bits per heavy atom. The van der Waals surface area contributed by atoms with Gasteiger partial charge in [0.05, 0.1) is 16.3 Å². The Kier molecular flexibility index (Phi) is 3.79. The number of rotatable bonds is 3. The average molecular weight is 362 g/mol. The third-order valence-electron chi connectivity index (χ3n) is 2.27. The molecule has 0 aliphatic rings. The van der Waals surface area contributed by atoms with Crippen LogP contribution in [-0.4, -0.2) is 5.78 Å². The first kappa shape index (κ1) is 12.5. The lowest BCUT2D eigenvalue weighted by atomic mass is 10.1.